The summed E-state index contributed by atoms with van der Waals surface area (Å²) in [6.45, 7) is 1.52. The SMILES string of the molecule is COc1ccccc1O[C@@H]1O[C@@H]2CO[C@H](c3ccco3)O[C@@H]2[C@@H](O)[C@H]1NC(C)=O. The van der Waals surface area contributed by atoms with E-state index in [1.165, 1.54) is 20.3 Å². The normalized spacial score (nSPS) is 31.6. The van der Waals surface area contributed by atoms with Crippen LogP contribution in [0.2, 0.25) is 0 Å². The van der Waals surface area contributed by atoms with Crippen LogP contribution in [-0.4, -0.2) is 55.4 Å². The number of aliphatic hydroxyl groups excluding tert-OH is 1. The van der Waals surface area contributed by atoms with Gasteiger partial charge in [0.2, 0.25) is 18.5 Å². The molecule has 3 heterocycles. The Morgan fingerprint density at radius 3 is 2.66 bits per heavy atom. The largest absolute Gasteiger partial charge is 0.493 e. The highest BCUT2D eigenvalue weighted by Crippen LogP contribution is 2.36. The van der Waals surface area contributed by atoms with Crippen LogP contribution < -0.4 is 14.8 Å². The predicted octanol–water partition coefficient (Wildman–Crippen LogP) is 1.37. The maximum absolute atomic E-state index is 11.8. The third-order valence-corrected chi connectivity index (χ3v) is 4.82. The lowest BCUT2D eigenvalue weighted by atomic mass is 9.96. The number of rotatable bonds is 5. The molecule has 0 spiro atoms. The molecule has 0 unspecified atom stereocenters. The minimum absolute atomic E-state index is 0.158. The predicted molar refractivity (Wildman–Crippen MR) is 98.2 cm³/mol. The number of hydrogen-bond donors (Lipinski definition) is 2. The first kappa shape index (κ1) is 19.7. The zero-order valence-electron chi connectivity index (χ0n) is 16.0. The lowest BCUT2D eigenvalue weighted by Crippen LogP contribution is -2.67. The molecule has 0 aliphatic carbocycles. The topological polar surface area (TPSA) is 109 Å². The summed E-state index contributed by atoms with van der Waals surface area (Å²) in [6.07, 6.45) is -2.67. The molecule has 2 aliphatic heterocycles. The Balaban J connectivity index is 1.55. The van der Waals surface area contributed by atoms with Gasteiger partial charge in [-0.05, 0) is 24.3 Å². The van der Waals surface area contributed by atoms with Crippen molar-refractivity contribution in [1.29, 1.82) is 0 Å². The van der Waals surface area contributed by atoms with E-state index in [2.05, 4.69) is 5.32 Å². The third-order valence-electron chi connectivity index (χ3n) is 4.82. The molecule has 2 N–H and O–H groups in total. The fraction of sp³-hybridized carbons (Fsp3) is 0.450. The van der Waals surface area contributed by atoms with Gasteiger partial charge >= 0.3 is 0 Å². The summed E-state index contributed by atoms with van der Waals surface area (Å²) in [5.41, 5.74) is 0. The van der Waals surface area contributed by atoms with Crippen molar-refractivity contribution in [3.63, 3.8) is 0 Å². The van der Waals surface area contributed by atoms with Crippen LogP contribution in [0, 0.1) is 0 Å². The molecule has 0 saturated carbocycles. The summed E-state index contributed by atoms with van der Waals surface area (Å²) < 4.78 is 34.2. The van der Waals surface area contributed by atoms with Crippen molar-refractivity contribution in [1.82, 2.24) is 5.32 Å². The van der Waals surface area contributed by atoms with Gasteiger partial charge in [-0.3, -0.25) is 4.79 Å². The number of para-hydroxylation sites is 2. The van der Waals surface area contributed by atoms with Crippen molar-refractivity contribution in [3.8, 4) is 11.5 Å². The number of hydrogen-bond acceptors (Lipinski definition) is 8. The number of aliphatic hydroxyl groups is 1. The summed E-state index contributed by atoms with van der Waals surface area (Å²) in [7, 11) is 1.53. The number of methoxy groups -OCH3 is 1. The van der Waals surface area contributed by atoms with Crippen LogP contribution >= 0.6 is 0 Å². The first-order valence-electron chi connectivity index (χ1n) is 9.27. The zero-order chi connectivity index (χ0) is 20.4. The summed E-state index contributed by atoms with van der Waals surface area (Å²) in [6, 6.07) is 9.63. The van der Waals surface area contributed by atoms with Crippen molar-refractivity contribution in [2.75, 3.05) is 13.7 Å². The molecule has 29 heavy (non-hydrogen) atoms. The average Bonchev–Trinajstić information content (AvgIpc) is 3.26. The van der Waals surface area contributed by atoms with Gasteiger partial charge in [0.15, 0.2) is 17.3 Å². The minimum atomic E-state index is -1.10. The summed E-state index contributed by atoms with van der Waals surface area (Å²) in [5, 5.41) is 13.7. The van der Waals surface area contributed by atoms with E-state index in [0.717, 1.165) is 0 Å². The van der Waals surface area contributed by atoms with E-state index in [4.69, 9.17) is 28.1 Å². The molecule has 156 valence electrons. The van der Waals surface area contributed by atoms with E-state index in [1.54, 1.807) is 36.4 Å². The van der Waals surface area contributed by atoms with Crippen LogP contribution in [0.4, 0.5) is 0 Å². The van der Waals surface area contributed by atoms with Crippen molar-refractivity contribution in [3.05, 3.63) is 48.4 Å². The number of amides is 1. The number of benzene rings is 1. The Labute approximate surface area is 167 Å². The fourth-order valence-corrected chi connectivity index (χ4v) is 3.49. The van der Waals surface area contributed by atoms with Gasteiger partial charge in [0, 0.05) is 6.92 Å². The van der Waals surface area contributed by atoms with E-state index < -0.39 is 36.9 Å². The molecule has 1 aromatic heterocycles. The molecule has 6 atom stereocenters. The van der Waals surface area contributed by atoms with Crippen LogP contribution in [0.1, 0.15) is 19.0 Å². The lowest BCUT2D eigenvalue weighted by Gasteiger charge is -2.47. The monoisotopic (exact) mass is 405 g/mol. The summed E-state index contributed by atoms with van der Waals surface area (Å²) in [4.78, 5) is 11.8. The minimum Gasteiger partial charge on any atom is -0.493 e. The molecule has 2 aliphatic rings. The van der Waals surface area contributed by atoms with Crippen LogP contribution in [0.5, 0.6) is 11.5 Å². The molecule has 9 nitrogen and oxygen atoms in total. The molecule has 1 aromatic carbocycles. The number of furan rings is 1. The van der Waals surface area contributed by atoms with Gasteiger partial charge in [0.05, 0.1) is 20.0 Å². The Bertz CT molecular complexity index is 826. The van der Waals surface area contributed by atoms with E-state index in [-0.39, 0.29) is 12.5 Å². The molecular weight excluding hydrogens is 382 g/mol. The van der Waals surface area contributed by atoms with Crippen molar-refractivity contribution in [2.45, 2.75) is 43.9 Å². The molecular formula is C20H23NO8. The zero-order valence-corrected chi connectivity index (χ0v) is 16.0. The molecule has 0 radical (unpaired) electrons. The second-order valence-electron chi connectivity index (χ2n) is 6.81. The van der Waals surface area contributed by atoms with E-state index in [9.17, 15) is 9.90 Å². The number of fused-ring (bicyclic) bond motifs is 1. The Kier molecular flexibility index (Phi) is 5.72. The van der Waals surface area contributed by atoms with Gasteiger partial charge in [-0.15, -0.1) is 0 Å². The number of ether oxygens (including phenoxy) is 5. The van der Waals surface area contributed by atoms with Gasteiger partial charge in [-0.2, -0.15) is 0 Å². The molecule has 0 bridgehead atoms. The number of carbonyl (C=O) groups is 1. The van der Waals surface area contributed by atoms with E-state index >= 15 is 0 Å². The Morgan fingerprint density at radius 2 is 1.97 bits per heavy atom. The van der Waals surface area contributed by atoms with Crippen LogP contribution in [-0.2, 0) is 19.0 Å². The first-order valence-corrected chi connectivity index (χ1v) is 9.27. The highest BCUT2D eigenvalue weighted by molar-refractivity contribution is 5.73. The Hall–Kier alpha value is -2.59. The highest BCUT2D eigenvalue weighted by atomic mass is 16.8. The highest BCUT2D eigenvalue weighted by Gasteiger charge is 2.51. The first-order chi connectivity index (χ1) is 14.1. The standard InChI is InChI=1S/C20H23NO8/c1-11(22)21-16-17(23)18-15(10-26-19(29-18)14-8-5-9-25-14)28-20(16)27-13-7-4-3-6-12(13)24-2/h3-9,15-20,23H,10H2,1-2H3,(H,21,22)/t15-,16-,17+,18+,19+,20-/m1/s1. The summed E-state index contributed by atoms with van der Waals surface area (Å²) in [5.74, 6) is 1.08. The van der Waals surface area contributed by atoms with Gasteiger partial charge in [-0.25, -0.2) is 0 Å². The average molecular weight is 405 g/mol. The smallest absolute Gasteiger partial charge is 0.223 e. The van der Waals surface area contributed by atoms with Gasteiger partial charge in [0.25, 0.3) is 0 Å². The number of nitrogens with one attached hydrogen (secondary N) is 1. The van der Waals surface area contributed by atoms with Crippen LogP contribution in [0.15, 0.2) is 47.1 Å². The van der Waals surface area contributed by atoms with Crippen LogP contribution in [0.3, 0.4) is 0 Å². The molecule has 1 amide bonds. The van der Waals surface area contributed by atoms with Gasteiger partial charge < -0.3 is 38.5 Å². The molecule has 2 aromatic rings. The van der Waals surface area contributed by atoms with Crippen molar-refractivity contribution in [2.24, 2.45) is 0 Å². The molecule has 4 rings (SSSR count). The second-order valence-corrected chi connectivity index (χ2v) is 6.81. The lowest BCUT2D eigenvalue weighted by molar-refractivity contribution is -0.336. The van der Waals surface area contributed by atoms with E-state index in [0.29, 0.717) is 17.3 Å². The summed E-state index contributed by atoms with van der Waals surface area (Å²) >= 11 is 0. The van der Waals surface area contributed by atoms with Gasteiger partial charge in [0.1, 0.15) is 24.4 Å². The third kappa shape index (κ3) is 4.08. The van der Waals surface area contributed by atoms with Gasteiger partial charge in [-0.1, -0.05) is 12.1 Å². The molecule has 2 fully saturated rings. The van der Waals surface area contributed by atoms with Crippen molar-refractivity contribution < 1.29 is 38.0 Å². The van der Waals surface area contributed by atoms with E-state index in [1.807, 2.05) is 0 Å². The maximum atomic E-state index is 11.8. The second kappa shape index (κ2) is 8.42. The quantitative estimate of drug-likeness (QED) is 0.768. The van der Waals surface area contributed by atoms with Crippen LogP contribution in [0.25, 0.3) is 0 Å². The maximum Gasteiger partial charge on any atom is 0.223 e. The molecule has 2 saturated heterocycles. The fourth-order valence-electron chi connectivity index (χ4n) is 3.49. The van der Waals surface area contributed by atoms with Crippen molar-refractivity contribution >= 4 is 5.91 Å². The number of carbonyl (C=O) groups excluding carboxylic acids is 1. The molecule has 9 heteroatoms. The Morgan fingerprint density at radius 1 is 1.17 bits per heavy atom.